The second kappa shape index (κ2) is 7.80. The summed E-state index contributed by atoms with van der Waals surface area (Å²) in [6, 6.07) is 10.4. The first-order valence-corrected chi connectivity index (χ1v) is 7.90. The molecule has 0 aromatic heterocycles. The molecule has 3 atom stereocenters. The zero-order chi connectivity index (χ0) is 15.3. The van der Waals surface area contributed by atoms with Gasteiger partial charge in [-0.2, -0.15) is 0 Å². The van der Waals surface area contributed by atoms with E-state index in [2.05, 4.69) is 83.1 Å². The number of nitrogens with one attached hydrogen (secondary N) is 1. The van der Waals surface area contributed by atoms with Crippen molar-refractivity contribution >= 4 is 0 Å². The molecule has 1 rings (SSSR count). The van der Waals surface area contributed by atoms with Gasteiger partial charge in [-0.1, -0.05) is 50.6 Å². The van der Waals surface area contributed by atoms with Crippen molar-refractivity contribution in [2.45, 2.75) is 59.7 Å². The van der Waals surface area contributed by atoms with Crippen molar-refractivity contribution < 1.29 is 0 Å². The van der Waals surface area contributed by atoms with E-state index in [1.807, 2.05) is 0 Å². The second-order valence-electron chi connectivity index (χ2n) is 6.34. The van der Waals surface area contributed by atoms with Crippen LogP contribution in [-0.4, -0.2) is 30.6 Å². The van der Waals surface area contributed by atoms with Crippen molar-refractivity contribution in [1.29, 1.82) is 0 Å². The molecule has 1 aromatic rings. The van der Waals surface area contributed by atoms with Crippen LogP contribution in [0.1, 0.15) is 51.8 Å². The Kier molecular flexibility index (Phi) is 6.70. The molecule has 1 aromatic carbocycles. The van der Waals surface area contributed by atoms with Crippen LogP contribution in [0.25, 0.3) is 0 Å². The van der Waals surface area contributed by atoms with Gasteiger partial charge < -0.3 is 5.32 Å². The van der Waals surface area contributed by atoms with Crippen molar-refractivity contribution in [2.75, 3.05) is 13.6 Å². The predicted molar refractivity (Wildman–Crippen MR) is 89.1 cm³/mol. The van der Waals surface area contributed by atoms with E-state index in [0.29, 0.717) is 24.0 Å². The van der Waals surface area contributed by atoms with Gasteiger partial charge in [0, 0.05) is 18.1 Å². The average molecular weight is 276 g/mol. The van der Waals surface area contributed by atoms with Crippen LogP contribution in [0.5, 0.6) is 0 Å². The molecule has 0 bridgehead atoms. The molecule has 114 valence electrons. The van der Waals surface area contributed by atoms with E-state index in [1.165, 1.54) is 11.1 Å². The predicted octanol–water partition coefficient (Wildman–Crippen LogP) is 4.01. The molecule has 1 N–H and O–H groups in total. The maximum atomic E-state index is 3.65. The topological polar surface area (TPSA) is 15.3 Å². The molecule has 0 spiro atoms. The summed E-state index contributed by atoms with van der Waals surface area (Å²) in [5.41, 5.74) is 2.70. The molecule has 0 aliphatic rings. The Hall–Kier alpha value is -0.860. The number of aryl methyl sites for hydroxylation is 1. The Morgan fingerprint density at radius 2 is 1.55 bits per heavy atom. The van der Waals surface area contributed by atoms with E-state index in [0.717, 1.165) is 6.54 Å². The van der Waals surface area contributed by atoms with Crippen LogP contribution in [0.4, 0.5) is 0 Å². The van der Waals surface area contributed by atoms with Crippen LogP contribution in [-0.2, 0) is 0 Å². The highest BCUT2D eigenvalue weighted by Gasteiger charge is 2.26. The highest BCUT2D eigenvalue weighted by atomic mass is 15.2. The van der Waals surface area contributed by atoms with E-state index in [9.17, 15) is 0 Å². The lowest BCUT2D eigenvalue weighted by atomic mass is 9.95. The molecule has 2 heteroatoms. The molecular weight excluding hydrogens is 244 g/mol. The normalized spacial score (nSPS) is 16.4. The molecule has 2 nitrogen and oxygen atoms in total. The van der Waals surface area contributed by atoms with E-state index >= 15 is 0 Å². The van der Waals surface area contributed by atoms with Gasteiger partial charge in [0.25, 0.3) is 0 Å². The molecular formula is C18H32N2. The summed E-state index contributed by atoms with van der Waals surface area (Å²) in [6.07, 6.45) is 0. The molecule has 0 saturated heterocycles. The van der Waals surface area contributed by atoms with Gasteiger partial charge in [0.2, 0.25) is 0 Å². The number of nitrogens with zero attached hydrogens (tertiary/aromatic N) is 1. The van der Waals surface area contributed by atoms with E-state index in [-0.39, 0.29) is 0 Å². The van der Waals surface area contributed by atoms with Gasteiger partial charge in [-0.15, -0.1) is 0 Å². The fourth-order valence-corrected chi connectivity index (χ4v) is 2.64. The molecule has 0 aliphatic heterocycles. The summed E-state index contributed by atoms with van der Waals surface area (Å²) in [6.45, 7) is 14.5. The van der Waals surface area contributed by atoms with Crippen LogP contribution in [0.15, 0.2) is 24.3 Å². The zero-order valence-corrected chi connectivity index (χ0v) is 14.3. The van der Waals surface area contributed by atoms with Gasteiger partial charge in [-0.3, -0.25) is 4.90 Å². The van der Waals surface area contributed by atoms with Crippen molar-refractivity contribution in [1.82, 2.24) is 10.2 Å². The number of hydrogen-bond donors (Lipinski definition) is 1. The molecule has 0 amide bonds. The minimum atomic E-state index is 0.381. The van der Waals surface area contributed by atoms with Crippen molar-refractivity contribution in [3.05, 3.63) is 35.4 Å². The standard InChI is InChI=1S/C18H32N2/c1-8-19-18(17-11-9-14(4)10-12-17)16(6)20(7)15(5)13(2)3/h9-13,15-16,18-19H,8H2,1-7H3. The molecule has 0 radical (unpaired) electrons. The molecule has 0 heterocycles. The lowest BCUT2D eigenvalue weighted by Crippen LogP contribution is -2.46. The first kappa shape index (κ1) is 17.2. The average Bonchev–Trinajstić information content (AvgIpc) is 2.43. The van der Waals surface area contributed by atoms with Crippen molar-refractivity contribution in [3.8, 4) is 0 Å². The monoisotopic (exact) mass is 276 g/mol. The van der Waals surface area contributed by atoms with Crippen molar-refractivity contribution in [3.63, 3.8) is 0 Å². The Bertz CT molecular complexity index is 383. The molecule has 0 saturated carbocycles. The fourth-order valence-electron chi connectivity index (χ4n) is 2.64. The van der Waals surface area contributed by atoms with Crippen LogP contribution in [0.2, 0.25) is 0 Å². The lowest BCUT2D eigenvalue weighted by Gasteiger charge is -2.38. The minimum Gasteiger partial charge on any atom is -0.309 e. The summed E-state index contributed by atoms with van der Waals surface area (Å²) < 4.78 is 0. The summed E-state index contributed by atoms with van der Waals surface area (Å²) in [5.74, 6) is 0.669. The lowest BCUT2D eigenvalue weighted by molar-refractivity contribution is 0.129. The van der Waals surface area contributed by atoms with Gasteiger partial charge in [0.15, 0.2) is 0 Å². The zero-order valence-electron chi connectivity index (χ0n) is 14.3. The maximum absolute atomic E-state index is 3.65. The summed E-state index contributed by atoms with van der Waals surface area (Å²) >= 11 is 0. The highest BCUT2D eigenvalue weighted by Crippen LogP contribution is 2.23. The number of hydrogen-bond acceptors (Lipinski definition) is 2. The van der Waals surface area contributed by atoms with Crippen molar-refractivity contribution in [2.24, 2.45) is 5.92 Å². The van der Waals surface area contributed by atoms with E-state index in [1.54, 1.807) is 0 Å². The van der Waals surface area contributed by atoms with E-state index in [4.69, 9.17) is 0 Å². The summed E-state index contributed by atoms with van der Waals surface area (Å²) in [5, 5.41) is 3.65. The first-order valence-electron chi connectivity index (χ1n) is 7.90. The first-order chi connectivity index (χ1) is 9.38. The third kappa shape index (κ3) is 4.32. The Morgan fingerprint density at radius 1 is 1.00 bits per heavy atom. The van der Waals surface area contributed by atoms with Gasteiger partial charge in [0.1, 0.15) is 0 Å². The van der Waals surface area contributed by atoms with Crippen LogP contribution >= 0.6 is 0 Å². The van der Waals surface area contributed by atoms with Gasteiger partial charge in [-0.05, 0) is 45.8 Å². The SMILES string of the molecule is CCNC(c1ccc(C)cc1)C(C)N(C)C(C)C(C)C. The van der Waals surface area contributed by atoms with Gasteiger partial charge in [0.05, 0.1) is 0 Å². The smallest absolute Gasteiger partial charge is 0.0475 e. The molecule has 0 fully saturated rings. The largest absolute Gasteiger partial charge is 0.309 e. The van der Waals surface area contributed by atoms with Crippen LogP contribution < -0.4 is 5.32 Å². The minimum absolute atomic E-state index is 0.381. The quantitative estimate of drug-likeness (QED) is 0.809. The third-order valence-electron chi connectivity index (χ3n) is 4.59. The van der Waals surface area contributed by atoms with Gasteiger partial charge >= 0.3 is 0 Å². The number of likely N-dealkylation sites (N-methyl/N-ethyl adjacent to an activating group) is 2. The number of rotatable bonds is 7. The van der Waals surface area contributed by atoms with Crippen LogP contribution in [0, 0.1) is 12.8 Å². The summed E-state index contributed by atoms with van der Waals surface area (Å²) in [4.78, 5) is 2.50. The van der Waals surface area contributed by atoms with E-state index < -0.39 is 0 Å². The highest BCUT2D eigenvalue weighted by molar-refractivity contribution is 5.25. The Balaban J connectivity index is 2.92. The Labute approximate surface area is 125 Å². The molecule has 0 aliphatic carbocycles. The Morgan fingerprint density at radius 3 is 2.00 bits per heavy atom. The van der Waals surface area contributed by atoms with Gasteiger partial charge in [-0.25, -0.2) is 0 Å². The maximum Gasteiger partial charge on any atom is 0.0475 e. The molecule has 20 heavy (non-hydrogen) atoms. The second-order valence-corrected chi connectivity index (χ2v) is 6.34. The fraction of sp³-hybridized carbons (Fsp3) is 0.667. The van der Waals surface area contributed by atoms with Crippen LogP contribution in [0.3, 0.4) is 0 Å². The third-order valence-corrected chi connectivity index (χ3v) is 4.59. The molecule has 3 unspecified atom stereocenters. The summed E-state index contributed by atoms with van der Waals surface area (Å²) in [7, 11) is 2.24. The number of benzene rings is 1.